The lowest BCUT2D eigenvalue weighted by Gasteiger charge is -2.02. The van der Waals surface area contributed by atoms with Gasteiger partial charge in [0.15, 0.2) is 9.84 Å². The number of hydrogen-bond acceptors (Lipinski definition) is 4. The molecule has 0 aliphatic carbocycles. The molecule has 0 unspecified atom stereocenters. The van der Waals surface area contributed by atoms with Gasteiger partial charge in [-0.05, 0) is 25.0 Å². The number of rotatable bonds is 5. The van der Waals surface area contributed by atoms with Crippen molar-refractivity contribution in [2.24, 2.45) is 0 Å². The monoisotopic (exact) mass is 280 g/mol. The Balaban J connectivity index is 2.37. The van der Waals surface area contributed by atoms with Crippen molar-refractivity contribution < 1.29 is 17.9 Å². The number of unbranched alkanes of at least 4 members (excludes halogenated alkanes) is 2. The normalized spacial score (nSPS) is 10.4. The van der Waals surface area contributed by atoms with Crippen molar-refractivity contribution in [2.45, 2.75) is 24.2 Å². The minimum absolute atomic E-state index is 0.0942. The Kier molecular flexibility index (Phi) is 6.10. The molecule has 102 valence electrons. The Morgan fingerprint density at radius 2 is 1.89 bits per heavy atom. The van der Waals surface area contributed by atoms with E-state index in [2.05, 4.69) is 16.6 Å². The number of methoxy groups -OCH3 is 1. The van der Waals surface area contributed by atoms with Gasteiger partial charge in [-0.3, -0.25) is 0 Å². The SMILES string of the molecule is COC(=O)C#CCCCCS(=O)(=O)c1ccccc1. The van der Waals surface area contributed by atoms with Crippen LogP contribution in [-0.4, -0.2) is 27.2 Å². The zero-order chi connectivity index (χ0) is 14.1. The van der Waals surface area contributed by atoms with Gasteiger partial charge >= 0.3 is 5.97 Å². The summed E-state index contributed by atoms with van der Waals surface area (Å²) >= 11 is 0. The second kappa shape index (κ2) is 7.59. The molecule has 1 aromatic carbocycles. The van der Waals surface area contributed by atoms with E-state index >= 15 is 0 Å². The first-order chi connectivity index (χ1) is 9.06. The number of carbonyl (C=O) groups is 1. The number of ether oxygens (including phenoxy) is 1. The van der Waals surface area contributed by atoms with Gasteiger partial charge in [-0.2, -0.15) is 0 Å². The molecule has 0 N–H and O–H groups in total. The summed E-state index contributed by atoms with van der Waals surface area (Å²) in [5.41, 5.74) is 0. The maximum Gasteiger partial charge on any atom is 0.384 e. The molecule has 0 saturated heterocycles. The molecule has 0 heterocycles. The third-order valence-corrected chi connectivity index (χ3v) is 4.26. The van der Waals surface area contributed by atoms with Crippen molar-refractivity contribution in [3.05, 3.63) is 30.3 Å². The van der Waals surface area contributed by atoms with E-state index in [9.17, 15) is 13.2 Å². The van der Waals surface area contributed by atoms with Gasteiger partial charge in [0.1, 0.15) is 0 Å². The van der Waals surface area contributed by atoms with Crippen molar-refractivity contribution in [2.75, 3.05) is 12.9 Å². The fourth-order valence-corrected chi connectivity index (χ4v) is 2.83. The predicted molar refractivity (Wildman–Crippen MR) is 72.1 cm³/mol. The van der Waals surface area contributed by atoms with E-state index in [1.165, 1.54) is 7.11 Å². The number of sulfone groups is 1. The Labute approximate surface area is 113 Å². The lowest BCUT2D eigenvalue weighted by molar-refractivity contribution is -0.133. The predicted octanol–water partition coefficient (Wildman–Crippen LogP) is 1.81. The van der Waals surface area contributed by atoms with Crippen LogP contribution in [0.4, 0.5) is 0 Å². The molecule has 0 amide bonds. The van der Waals surface area contributed by atoms with Crippen LogP contribution < -0.4 is 0 Å². The van der Waals surface area contributed by atoms with E-state index < -0.39 is 15.8 Å². The molecule has 0 fully saturated rings. The molecule has 0 atom stereocenters. The summed E-state index contributed by atoms with van der Waals surface area (Å²) in [5.74, 6) is 4.47. The molecular weight excluding hydrogens is 264 g/mol. The minimum atomic E-state index is -3.21. The molecule has 1 aromatic rings. The summed E-state index contributed by atoms with van der Waals surface area (Å²) in [4.78, 5) is 11.0. The first-order valence-corrected chi connectivity index (χ1v) is 7.56. The lowest BCUT2D eigenvalue weighted by Crippen LogP contribution is -2.06. The smallest absolute Gasteiger partial charge is 0.384 e. The molecule has 0 spiro atoms. The highest BCUT2D eigenvalue weighted by Crippen LogP contribution is 2.12. The second-order valence-corrected chi connectivity index (χ2v) is 5.99. The van der Waals surface area contributed by atoms with Crippen LogP contribution in [0.25, 0.3) is 0 Å². The third-order valence-electron chi connectivity index (χ3n) is 2.44. The molecule has 0 bridgehead atoms. The van der Waals surface area contributed by atoms with Gasteiger partial charge in [0.2, 0.25) is 0 Å². The minimum Gasteiger partial charge on any atom is -0.459 e. The summed E-state index contributed by atoms with van der Waals surface area (Å²) < 4.78 is 28.2. The quantitative estimate of drug-likeness (QED) is 0.357. The van der Waals surface area contributed by atoms with Crippen LogP contribution in [0.3, 0.4) is 0 Å². The third kappa shape index (κ3) is 5.58. The van der Waals surface area contributed by atoms with Crippen LogP contribution in [0.1, 0.15) is 19.3 Å². The first-order valence-electron chi connectivity index (χ1n) is 5.91. The maximum absolute atomic E-state index is 11.9. The van der Waals surface area contributed by atoms with Crippen LogP contribution in [0.2, 0.25) is 0 Å². The molecule has 0 saturated carbocycles. The highest BCUT2D eigenvalue weighted by atomic mass is 32.2. The van der Waals surface area contributed by atoms with Crippen LogP contribution in [0.5, 0.6) is 0 Å². The molecule has 0 aliphatic rings. The van der Waals surface area contributed by atoms with Crippen LogP contribution in [-0.2, 0) is 19.4 Å². The summed E-state index contributed by atoms with van der Waals surface area (Å²) in [7, 11) is -1.94. The first kappa shape index (κ1) is 15.3. The average molecular weight is 280 g/mol. The van der Waals surface area contributed by atoms with Crippen molar-refractivity contribution in [1.82, 2.24) is 0 Å². The number of hydrogen-bond donors (Lipinski definition) is 0. The molecule has 19 heavy (non-hydrogen) atoms. The Morgan fingerprint density at radius 3 is 2.53 bits per heavy atom. The summed E-state index contributed by atoms with van der Waals surface area (Å²) in [6, 6.07) is 8.36. The van der Waals surface area contributed by atoms with Crippen molar-refractivity contribution in [3.63, 3.8) is 0 Å². The van der Waals surface area contributed by atoms with E-state index in [4.69, 9.17) is 0 Å². The fraction of sp³-hybridized carbons (Fsp3) is 0.357. The Hall–Kier alpha value is -1.80. The molecule has 0 aliphatic heterocycles. The van der Waals surface area contributed by atoms with Gasteiger partial charge in [-0.15, -0.1) is 0 Å². The van der Waals surface area contributed by atoms with Gasteiger partial charge in [0.25, 0.3) is 0 Å². The largest absolute Gasteiger partial charge is 0.459 e. The summed E-state index contributed by atoms with van der Waals surface area (Å²) in [6.45, 7) is 0. The zero-order valence-corrected chi connectivity index (χ0v) is 11.6. The zero-order valence-electron chi connectivity index (χ0n) is 10.8. The molecule has 0 aromatic heterocycles. The van der Waals surface area contributed by atoms with Gasteiger partial charge in [-0.25, -0.2) is 13.2 Å². The molecule has 5 heteroatoms. The summed E-state index contributed by atoms with van der Waals surface area (Å²) in [5, 5.41) is 0. The molecule has 4 nitrogen and oxygen atoms in total. The van der Waals surface area contributed by atoms with Gasteiger partial charge in [0.05, 0.1) is 17.8 Å². The molecule has 0 radical (unpaired) electrons. The average Bonchev–Trinajstić information content (AvgIpc) is 2.43. The van der Waals surface area contributed by atoms with Crippen molar-refractivity contribution >= 4 is 15.8 Å². The Bertz CT molecular complexity index is 564. The van der Waals surface area contributed by atoms with E-state index in [0.717, 1.165) is 0 Å². The number of benzene rings is 1. The molecular formula is C14H16O4S. The Morgan fingerprint density at radius 1 is 1.21 bits per heavy atom. The van der Waals surface area contributed by atoms with Gasteiger partial charge in [0, 0.05) is 12.3 Å². The van der Waals surface area contributed by atoms with Crippen molar-refractivity contribution in [1.29, 1.82) is 0 Å². The highest BCUT2D eigenvalue weighted by molar-refractivity contribution is 7.91. The van der Waals surface area contributed by atoms with Crippen LogP contribution >= 0.6 is 0 Å². The topological polar surface area (TPSA) is 60.4 Å². The summed E-state index contributed by atoms with van der Waals surface area (Å²) in [6.07, 6.45) is 1.64. The number of esters is 1. The van der Waals surface area contributed by atoms with E-state index in [1.807, 2.05) is 0 Å². The standard InChI is InChI=1S/C14H16O4S/c1-18-14(15)11-7-2-3-8-12-19(16,17)13-9-5-4-6-10-13/h4-6,9-10H,2-3,8,12H2,1H3. The molecule has 1 rings (SSSR count). The fourth-order valence-electron chi connectivity index (χ4n) is 1.44. The van der Waals surface area contributed by atoms with Gasteiger partial charge in [-0.1, -0.05) is 24.1 Å². The van der Waals surface area contributed by atoms with E-state index in [0.29, 0.717) is 24.2 Å². The number of carbonyl (C=O) groups excluding carboxylic acids is 1. The van der Waals surface area contributed by atoms with Gasteiger partial charge < -0.3 is 4.74 Å². The highest BCUT2D eigenvalue weighted by Gasteiger charge is 2.12. The van der Waals surface area contributed by atoms with Crippen LogP contribution in [0, 0.1) is 11.8 Å². The van der Waals surface area contributed by atoms with Crippen LogP contribution in [0.15, 0.2) is 35.2 Å². The van der Waals surface area contributed by atoms with E-state index in [-0.39, 0.29) is 5.75 Å². The van der Waals surface area contributed by atoms with E-state index in [1.54, 1.807) is 30.3 Å². The lowest BCUT2D eigenvalue weighted by atomic mass is 10.2. The maximum atomic E-state index is 11.9. The second-order valence-electron chi connectivity index (χ2n) is 3.88. The van der Waals surface area contributed by atoms with Crippen molar-refractivity contribution in [3.8, 4) is 11.8 Å².